The molecule has 0 aromatic carbocycles. The number of nitrogens with zero attached hydrogens (tertiary/aromatic N) is 2. The molecule has 0 spiro atoms. The first-order valence-corrected chi connectivity index (χ1v) is 5.88. The highest BCUT2D eigenvalue weighted by Crippen LogP contribution is 2.25. The van der Waals surface area contributed by atoms with Gasteiger partial charge in [0, 0.05) is 24.3 Å². The van der Waals surface area contributed by atoms with E-state index in [2.05, 4.69) is 23.3 Å². The maximum absolute atomic E-state index is 8.92. The number of hydrogen-bond acceptors (Lipinski definition) is 3. The van der Waals surface area contributed by atoms with Gasteiger partial charge in [-0.15, -0.1) is 0 Å². The molecule has 1 aliphatic rings. The average molecular weight is 215 g/mol. The summed E-state index contributed by atoms with van der Waals surface area (Å²) in [5, 5.41) is 12.5. The Labute approximate surface area is 96.5 Å². The van der Waals surface area contributed by atoms with Gasteiger partial charge in [0.15, 0.2) is 0 Å². The zero-order valence-electron chi connectivity index (χ0n) is 9.61. The molecule has 2 atom stereocenters. The molecule has 2 rings (SSSR count). The van der Waals surface area contributed by atoms with Gasteiger partial charge in [0.1, 0.15) is 11.8 Å². The van der Waals surface area contributed by atoms with Crippen molar-refractivity contribution in [1.29, 1.82) is 5.26 Å². The van der Waals surface area contributed by atoms with Gasteiger partial charge in [-0.3, -0.25) is 0 Å². The fraction of sp³-hybridized carbons (Fsp3) is 0.538. The highest BCUT2D eigenvalue weighted by Gasteiger charge is 2.22. The molecule has 0 bridgehead atoms. The lowest BCUT2D eigenvalue weighted by atomic mass is 10.1. The molecule has 1 N–H and O–H groups in total. The second-order valence-corrected chi connectivity index (χ2v) is 4.52. The predicted octanol–water partition coefficient (Wildman–Crippen LogP) is 2.23. The summed E-state index contributed by atoms with van der Waals surface area (Å²) in [5.41, 5.74) is 1.55. The molecule has 1 heterocycles. The third-order valence-corrected chi connectivity index (χ3v) is 3.41. The smallest absolute Gasteiger partial charge is 0.144 e. The van der Waals surface area contributed by atoms with E-state index in [4.69, 9.17) is 5.26 Å². The molecular formula is C13H17N3. The lowest BCUT2D eigenvalue weighted by Crippen LogP contribution is -2.30. The molecule has 3 heteroatoms. The summed E-state index contributed by atoms with van der Waals surface area (Å²) < 4.78 is 0. The fourth-order valence-corrected chi connectivity index (χ4v) is 2.37. The maximum atomic E-state index is 8.92. The molecular weight excluding hydrogens is 198 g/mol. The highest BCUT2D eigenvalue weighted by molar-refractivity contribution is 5.30. The Morgan fingerprint density at radius 2 is 2.44 bits per heavy atom. The fourth-order valence-electron chi connectivity index (χ4n) is 2.37. The predicted molar refractivity (Wildman–Crippen MR) is 62.6 cm³/mol. The molecule has 1 fully saturated rings. The number of pyridine rings is 1. The summed E-state index contributed by atoms with van der Waals surface area (Å²) in [4.78, 5) is 4.06. The van der Waals surface area contributed by atoms with E-state index in [0.717, 1.165) is 18.0 Å². The van der Waals surface area contributed by atoms with E-state index in [1.54, 1.807) is 6.20 Å². The summed E-state index contributed by atoms with van der Waals surface area (Å²) in [6, 6.07) is 6.59. The number of hydrogen-bond donors (Lipinski definition) is 1. The molecule has 1 aliphatic carbocycles. The van der Waals surface area contributed by atoms with Gasteiger partial charge >= 0.3 is 0 Å². The van der Waals surface area contributed by atoms with Crippen molar-refractivity contribution in [1.82, 2.24) is 10.3 Å². The van der Waals surface area contributed by atoms with Crippen LogP contribution in [0, 0.1) is 17.2 Å². The zero-order chi connectivity index (χ0) is 11.4. The summed E-state index contributed by atoms with van der Waals surface area (Å²) in [6.45, 7) is 3.05. The van der Waals surface area contributed by atoms with Crippen LogP contribution in [0.5, 0.6) is 0 Å². The van der Waals surface area contributed by atoms with Crippen LogP contribution in [0.3, 0.4) is 0 Å². The van der Waals surface area contributed by atoms with Gasteiger partial charge < -0.3 is 5.32 Å². The van der Waals surface area contributed by atoms with Crippen molar-refractivity contribution in [2.75, 3.05) is 0 Å². The van der Waals surface area contributed by atoms with Crippen LogP contribution in [0.4, 0.5) is 0 Å². The molecule has 84 valence electrons. The standard InChI is InChI=1S/C13H17N3/c1-10-4-2-6-12(10)16-9-11-5-3-7-15-13(11)8-14/h3,5,7,10,12,16H,2,4,6,9H2,1H3. The minimum Gasteiger partial charge on any atom is -0.310 e. The van der Waals surface area contributed by atoms with Crippen LogP contribution in [0.1, 0.15) is 37.4 Å². The van der Waals surface area contributed by atoms with Crippen molar-refractivity contribution in [3.63, 3.8) is 0 Å². The Morgan fingerprint density at radius 3 is 3.12 bits per heavy atom. The Kier molecular flexibility index (Phi) is 3.53. The van der Waals surface area contributed by atoms with Crippen LogP contribution in [-0.2, 0) is 6.54 Å². The third-order valence-electron chi connectivity index (χ3n) is 3.41. The van der Waals surface area contributed by atoms with Crippen LogP contribution in [0.2, 0.25) is 0 Å². The molecule has 0 radical (unpaired) electrons. The van der Waals surface area contributed by atoms with Crippen LogP contribution in [0.25, 0.3) is 0 Å². The first kappa shape index (κ1) is 11.1. The summed E-state index contributed by atoms with van der Waals surface area (Å²) in [5.74, 6) is 0.752. The average Bonchev–Trinajstić information content (AvgIpc) is 2.72. The SMILES string of the molecule is CC1CCCC1NCc1cccnc1C#N. The molecule has 0 aliphatic heterocycles. The van der Waals surface area contributed by atoms with E-state index in [-0.39, 0.29) is 0 Å². The summed E-state index contributed by atoms with van der Waals surface area (Å²) >= 11 is 0. The van der Waals surface area contributed by atoms with E-state index in [9.17, 15) is 0 Å². The van der Waals surface area contributed by atoms with Crippen molar-refractivity contribution < 1.29 is 0 Å². The Morgan fingerprint density at radius 1 is 1.56 bits per heavy atom. The van der Waals surface area contributed by atoms with Crippen LogP contribution >= 0.6 is 0 Å². The van der Waals surface area contributed by atoms with Crippen molar-refractivity contribution >= 4 is 0 Å². The van der Waals surface area contributed by atoms with Crippen molar-refractivity contribution in [3.8, 4) is 6.07 Å². The molecule has 0 saturated heterocycles. The Hall–Kier alpha value is -1.40. The van der Waals surface area contributed by atoms with Crippen LogP contribution in [-0.4, -0.2) is 11.0 Å². The summed E-state index contributed by atoms with van der Waals surface area (Å²) in [7, 11) is 0. The van der Waals surface area contributed by atoms with Gasteiger partial charge in [-0.25, -0.2) is 4.98 Å². The molecule has 3 nitrogen and oxygen atoms in total. The topological polar surface area (TPSA) is 48.7 Å². The molecule has 2 unspecified atom stereocenters. The monoisotopic (exact) mass is 215 g/mol. The van der Waals surface area contributed by atoms with E-state index < -0.39 is 0 Å². The Bertz CT molecular complexity index is 394. The number of aromatic nitrogens is 1. The van der Waals surface area contributed by atoms with Crippen molar-refractivity contribution in [2.24, 2.45) is 5.92 Å². The maximum Gasteiger partial charge on any atom is 0.144 e. The number of rotatable bonds is 3. The van der Waals surface area contributed by atoms with Gasteiger partial charge in [0.05, 0.1) is 0 Å². The Balaban J connectivity index is 1.97. The van der Waals surface area contributed by atoms with Gasteiger partial charge in [-0.2, -0.15) is 5.26 Å². The number of nitriles is 1. The van der Waals surface area contributed by atoms with Crippen LogP contribution < -0.4 is 5.32 Å². The van der Waals surface area contributed by atoms with Gasteiger partial charge in [-0.05, 0) is 24.8 Å². The van der Waals surface area contributed by atoms with Gasteiger partial charge in [-0.1, -0.05) is 19.4 Å². The minimum atomic E-state index is 0.542. The second kappa shape index (κ2) is 5.09. The zero-order valence-corrected chi connectivity index (χ0v) is 9.61. The first-order chi connectivity index (χ1) is 7.81. The van der Waals surface area contributed by atoms with Gasteiger partial charge in [0.2, 0.25) is 0 Å². The lowest BCUT2D eigenvalue weighted by Gasteiger charge is -2.17. The lowest BCUT2D eigenvalue weighted by molar-refractivity contribution is 0.425. The summed E-state index contributed by atoms with van der Waals surface area (Å²) in [6.07, 6.45) is 5.55. The quantitative estimate of drug-likeness (QED) is 0.841. The van der Waals surface area contributed by atoms with E-state index in [1.165, 1.54) is 19.3 Å². The minimum absolute atomic E-state index is 0.542. The number of nitrogens with one attached hydrogen (secondary N) is 1. The van der Waals surface area contributed by atoms with E-state index in [0.29, 0.717) is 11.7 Å². The molecule has 1 aromatic heterocycles. The molecule has 1 aromatic rings. The van der Waals surface area contributed by atoms with E-state index in [1.807, 2.05) is 12.1 Å². The molecule has 0 amide bonds. The van der Waals surface area contributed by atoms with Crippen molar-refractivity contribution in [3.05, 3.63) is 29.6 Å². The molecule has 1 saturated carbocycles. The van der Waals surface area contributed by atoms with E-state index >= 15 is 0 Å². The molecule has 16 heavy (non-hydrogen) atoms. The normalized spacial score (nSPS) is 24.2. The highest BCUT2D eigenvalue weighted by atomic mass is 14.9. The third kappa shape index (κ3) is 2.40. The largest absolute Gasteiger partial charge is 0.310 e. The second-order valence-electron chi connectivity index (χ2n) is 4.52. The van der Waals surface area contributed by atoms with Crippen molar-refractivity contribution in [2.45, 2.75) is 38.8 Å². The van der Waals surface area contributed by atoms with Crippen LogP contribution in [0.15, 0.2) is 18.3 Å². The first-order valence-electron chi connectivity index (χ1n) is 5.88. The van der Waals surface area contributed by atoms with Gasteiger partial charge in [0.25, 0.3) is 0 Å².